The minimum absolute atomic E-state index is 0.167. The Bertz CT molecular complexity index is 707. The van der Waals surface area contributed by atoms with E-state index in [2.05, 4.69) is 9.82 Å². The zero-order valence-electron chi connectivity index (χ0n) is 11.6. The molecule has 1 N–H and O–H groups in total. The molecule has 1 aromatic heterocycles. The van der Waals surface area contributed by atoms with Gasteiger partial charge in [-0.15, -0.1) is 0 Å². The van der Waals surface area contributed by atoms with Gasteiger partial charge in [0.1, 0.15) is 10.6 Å². The van der Waals surface area contributed by atoms with Crippen molar-refractivity contribution in [3.63, 3.8) is 0 Å². The SMILES string of the molecule is COc1ccccc1CNS(=O)(=O)c1cnn(C)c1C. The van der Waals surface area contributed by atoms with Gasteiger partial charge >= 0.3 is 0 Å². The summed E-state index contributed by atoms with van der Waals surface area (Å²) in [6, 6.07) is 7.28. The van der Waals surface area contributed by atoms with Gasteiger partial charge in [-0.05, 0) is 13.0 Å². The number of ether oxygens (including phenoxy) is 1. The second kappa shape index (κ2) is 5.64. The van der Waals surface area contributed by atoms with Crippen molar-refractivity contribution in [2.75, 3.05) is 7.11 Å². The Kier molecular flexibility index (Phi) is 4.10. The molecule has 0 unspecified atom stereocenters. The molecule has 0 fully saturated rings. The fourth-order valence-corrected chi connectivity index (χ4v) is 3.05. The van der Waals surface area contributed by atoms with Crippen LogP contribution in [0.5, 0.6) is 5.75 Å². The number of rotatable bonds is 5. The lowest BCUT2D eigenvalue weighted by atomic mass is 10.2. The highest BCUT2D eigenvalue weighted by molar-refractivity contribution is 7.89. The van der Waals surface area contributed by atoms with E-state index in [0.29, 0.717) is 11.4 Å². The fourth-order valence-electron chi connectivity index (χ4n) is 1.84. The molecule has 0 amide bonds. The van der Waals surface area contributed by atoms with Gasteiger partial charge in [0.15, 0.2) is 0 Å². The first-order valence-corrected chi connectivity index (χ1v) is 7.54. The van der Waals surface area contributed by atoms with Crippen molar-refractivity contribution in [3.05, 3.63) is 41.7 Å². The summed E-state index contributed by atoms with van der Waals surface area (Å²) in [4.78, 5) is 0.190. The normalized spacial score (nSPS) is 11.6. The molecule has 2 rings (SSSR count). The highest BCUT2D eigenvalue weighted by Gasteiger charge is 2.20. The van der Waals surface area contributed by atoms with E-state index >= 15 is 0 Å². The van der Waals surface area contributed by atoms with Gasteiger partial charge in [-0.2, -0.15) is 5.10 Å². The van der Waals surface area contributed by atoms with Crippen LogP contribution in [0, 0.1) is 6.92 Å². The third-order valence-electron chi connectivity index (χ3n) is 3.12. The Labute approximate surface area is 118 Å². The molecule has 0 aliphatic heterocycles. The topological polar surface area (TPSA) is 73.2 Å². The molecule has 0 saturated heterocycles. The molecule has 108 valence electrons. The Morgan fingerprint density at radius 1 is 1.35 bits per heavy atom. The third-order valence-corrected chi connectivity index (χ3v) is 4.63. The monoisotopic (exact) mass is 295 g/mol. The molecule has 0 spiro atoms. The maximum atomic E-state index is 12.2. The van der Waals surface area contributed by atoms with E-state index in [1.165, 1.54) is 10.9 Å². The Balaban J connectivity index is 2.20. The molecule has 0 radical (unpaired) electrons. The quantitative estimate of drug-likeness (QED) is 0.900. The summed E-state index contributed by atoms with van der Waals surface area (Å²) in [5.41, 5.74) is 1.37. The summed E-state index contributed by atoms with van der Waals surface area (Å²) >= 11 is 0. The molecule has 2 aromatic rings. The number of nitrogens with one attached hydrogen (secondary N) is 1. The Hall–Kier alpha value is -1.86. The molecule has 0 aliphatic carbocycles. The predicted molar refractivity (Wildman–Crippen MR) is 75.0 cm³/mol. The lowest BCUT2D eigenvalue weighted by Gasteiger charge is -2.09. The van der Waals surface area contributed by atoms with E-state index in [-0.39, 0.29) is 11.4 Å². The highest BCUT2D eigenvalue weighted by Crippen LogP contribution is 2.18. The zero-order valence-corrected chi connectivity index (χ0v) is 12.4. The van der Waals surface area contributed by atoms with Crippen LogP contribution in [0.2, 0.25) is 0 Å². The smallest absolute Gasteiger partial charge is 0.244 e. The maximum Gasteiger partial charge on any atom is 0.244 e. The summed E-state index contributed by atoms with van der Waals surface area (Å²) in [7, 11) is -0.325. The van der Waals surface area contributed by atoms with Gasteiger partial charge in [0.25, 0.3) is 0 Å². The van der Waals surface area contributed by atoms with Gasteiger partial charge in [0.2, 0.25) is 10.0 Å². The zero-order chi connectivity index (χ0) is 14.8. The Morgan fingerprint density at radius 2 is 2.05 bits per heavy atom. The van der Waals surface area contributed by atoms with Gasteiger partial charge in [0.05, 0.1) is 19.0 Å². The predicted octanol–water partition coefficient (Wildman–Crippen LogP) is 1.22. The van der Waals surface area contributed by atoms with Gasteiger partial charge in [-0.1, -0.05) is 18.2 Å². The van der Waals surface area contributed by atoms with Crippen molar-refractivity contribution in [2.45, 2.75) is 18.4 Å². The van der Waals surface area contributed by atoms with Crippen LogP contribution in [-0.2, 0) is 23.6 Å². The maximum absolute atomic E-state index is 12.2. The molecule has 0 atom stereocenters. The fraction of sp³-hybridized carbons (Fsp3) is 0.308. The molecule has 0 saturated carbocycles. The van der Waals surface area contributed by atoms with Crippen LogP contribution in [0.1, 0.15) is 11.3 Å². The molecule has 0 aliphatic rings. The number of hydrogen-bond donors (Lipinski definition) is 1. The van der Waals surface area contributed by atoms with Crippen LogP contribution in [0.15, 0.2) is 35.4 Å². The summed E-state index contributed by atoms with van der Waals surface area (Å²) in [6.45, 7) is 1.88. The average molecular weight is 295 g/mol. The van der Waals surface area contributed by atoms with Crippen molar-refractivity contribution in [2.24, 2.45) is 7.05 Å². The standard InChI is InChI=1S/C13H17N3O3S/c1-10-13(9-14-16(10)2)20(17,18)15-8-11-6-4-5-7-12(11)19-3/h4-7,9,15H,8H2,1-3H3. The summed E-state index contributed by atoms with van der Waals surface area (Å²) in [5, 5.41) is 3.94. The highest BCUT2D eigenvalue weighted by atomic mass is 32.2. The molecule has 0 bridgehead atoms. The molecular formula is C13H17N3O3S. The lowest BCUT2D eigenvalue weighted by Crippen LogP contribution is -2.24. The summed E-state index contributed by atoms with van der Waals surface area (Å²) in [5.74, 6) is 0.651. The van der Waals surface area contributed by atoms with Gasteiger partial charge < -0.3 is 4.74 Å². The number of methoxy groups -OCH3 is 1. The van der Waals surface area contributed by atoms with Crippen LogP contribution in [0.25, 0.3) is 0 Å². The number of nitrogens with zero attached hydrogens (tertiary/aromatic N) is 2. The van der Waals surface area contributed by atoms with Crippen LogP contribution in [0.3, 0.4) is 0 Å². The van der Waals surface area contributed by atoms with E-state index < -0.39 is 10.0 Å². The number of sulfonamides is 1. The molecular weight excluding hydrogens is 278 g/mol. The molecule has 1 heterocycles. The number of para-hydroxylation sites is 1. The van der Waals surface area contributed by atoms with Crippen molar-refractivity contribution in [3.8, 4) is 5.75 Å². The average Bonchev–Trinajstić information content (AvgIpc) is 2.78. The first kappa shape index (κ1) is 14.5. The van der Waals surface area contributed by atoms with Gasteiger partial charge in [0, 0.05) is 19.2 Å². The lowest BCUT2D eigenvalue weighted by molar-refractivity contribution is 0.409. The third kappa shape index (κ3) is 2.83. The first-order chi connectivity index (χ1) is 9.45. The van der Waals surface area contributed by atoms with E-state index in [1.807, 2.05) is 18.2 Å². The molecule has 20 heavy (non-hydrogen) atoms. The minimum atomic E-state index is -3.58. The first-order valence-electron chi connectivity index (χ1n) is 6.06. The number of benzene rings is 1. The summed E-state index contributed by atoms with van der Waals surface area (Å²) < 4.78 is 33.7. The van der Waals surface area contributed by atoms with Crippen LogP contribution < -0.4 is 9.46 Å². The number of hydrogen-bond acceptors (Lipinski definition) is 4. The minimum Gasteiger partial charge on any atom is -0.496 e. The van der Waals surface area contributed by atoms with Gasteiger partial charge in [-0.3, -0.25) is 4.68 Å². The number of aryl methyl sites for hydroxylation is 1. The molecule has 7 heteroatoms. The van der Waals surface area contributed by atoms with Crippen LogP contribution in [0.4, 0.5) is 0 Å². The van der Waals surface area contributed by atoms with Crippen LogP contribution >= 0.6 is 0 Å². The van der Waals surface area contributed by atoms with E-state index in [9.17, 15) is 8.42 Å². The van der Waals surface area contributed by atoms with Crippen LogP contribution in [-0.4, -0.2) is 25.3 Å². The van der Waals surface area contributed by atoms with E-state index in [4.69, 9.17) is 4.74 Å². The number of aromatic nitrogens is 2. The second-order valence-corrected chi connectivity index (χ2v) is 6.09. The summed E-state index contributed by atoms with van der Waals surface area (Å²) in [6.07, 6.45) is 1.35. The molecule has 1 aromatic carbocycles. The Morgan fingerprint density at radius 3 is 2.65 bits per heavy atom. The largest absolute Gasteiger partial charge is 0.496 e. The van der Waals surface area contributed by atoms with Gasteiger partial charge in [-0.25, -0.2) is 13.1 Å². The van der Waals surface area contributed by atoms with Crippen molar-refractivity contribution < 1.29 is 13.2 Å². The van der Waals surface area contributed by atoms with Crippen molar-refractivity contribution in [1.82, 2.24) is 14.5 Å². The molecule has 6 nitrogen and oxygen atoms in total. The van der Waals surface area contributed by atoms with E-state index in [0.717, 1.165) is 5.56 Å². The van der Waals surface area contributed by atoms with Crippen molar-refractivity contribution >= 4 is 10.0 Å². The van der Waals surface area contributed by atoms with Crippen molar-refractivity contribution in [1.29, 1.82) is 0 Å². The van der Waals surface area contributed by atoms with E-state index in [1.54, 1.807) is 27.1 Å². The second-order valence-electron chi connectivity index (χ2n) is 4.35.